The van der Waals surface area contributed by atoms with Crippen molar-refractivity contribution >= 4 is 34.5 Å². The number of ether oxygens (including phenoxy) is 1. The molecule has 3 rings (SSSR count). The maximum absolute atomic E-state index is 11.9. The van der Waals surface area contributed by atoms with Crippen molar-refractivity contribution in [3.63, 3.8) is 0 Å². The number of amides is 1. The molecule has 0 aliphatic rings. The van der Waals surface area contributed by atoms with Gasteiger partial charge in [0.25, 0.3) is 5.91 Å². The van der Waals surface area contributed by atoms with Gasteiger partial charge in [0, 0.05) is 27.3 Å². The SMILES string of the molecule is Cc1csc(-c2ccc(OCC(=O)Nc3cccc(Cl)c3)cc2)n1. The van der Waals surface area contributed by atoms with Crippen molar-refractivity contribution in [1.29, 1.82) is 0 Å². The largest absolute Gasteiger partial charge is 0.484 e. The average molecular weight is 359 g/mol. The maximum atomic E-state index is 11.9. The van der Waals surface area contributed by atoms with Crippen molar-refractivity contribution in [1.82, 2.24) is 4.98 Å². The number of aryl methyl sites for hydroxylation is 1. The second-order valence-electron chi connectivity index (χ2n) is 5.17. The van der Waals surface area contributed by atoms with Crippen LogP contribution in [0.5, 0.6) is 5.75 Å². The molecule has 1 heterocycles. The molecule has 0 bridgehead atoms. The first-order valence-electron chi connectivity index (χ1n) is 7.31. The topological polar surface area (TPSA) is 51.2 Å². The summed E-state index contributed by atoms with van der Waals surface area (Å²) < 4.78 is 5.50. The summed E-state index contributed by atoms with van der Waals surface area (Å²) >= 11 is 7.48. The average Bonchev–Trinajstić information content (AvgIpc) is 3.00. The smallest absolute Gasteiger partial charge is 0.262 e. The molecule has 122 valence electrons. The van der Waals surface area contributed by atoms with E-state index in [1.165, 1.54) is 0 Å². The van der Waals surface area contributed by atoms with Gasteiger partial charge in [-0.05, 0) is 49.4 Å². The highest BCUT2D eigenvalue weighted by Crippen LogP contribution is 2.25. The Morgan fingerprint density at radius 3 is 2.71 bits per heavy atom. The quantitative estimate of drug-likeness (QED) is 0.713. The van der Waals surface area contributed by atoms with Gasteiger partial charge in [0.05, 0.1) is 0 Å². The fraction of sp³-hybridized carbons (Fsp3) is 0.111. The second kappa shape index (κ2) is 7.47. The maximum Gasteiger partial charge on any atom is 0.262 e. The van der Waals surface area contributed by atoms with Gasteiger partial charge in [-0.25, -0.2) is 4.98 Å². The van der Waals surface area contributed by atoms with Crippen LogP contribution in [-0.2, 0) is 4.79 Å². The van der Waals surface area contributed by atoms with Gasteiger partial charge in [-0.1, -0.05) is 17.7 Å². The summed E-state index contributed by atoms with van der Waals surface area (Å²) in [5, 5.41) is 6.29. The van der Waals surface area contributed by atoms with Gasteiger partial charge in [0.2, 0.25) is 0 Å². The number of carbonyl (C=O) groups excluding carboxylic acids is 1. The summed E-state index contributed by atoms with van der Waals surface area (Å²) in [5.41, 5.74) is 2.68. The van der Waals surface area contributed by atoms with Crippen LogP contribution in [0.15, 0.2) is 53.9 Å². The fourth-order valence-corrected chi connectivity index (χ4v) is 3.09. The van der Waals surface area contributed by atoms with Gasteiger partial charge in [0.1, 0.15) is 10.8 Å². The zero-order valence-electron chi connectivity index (χ0n) is 13.0. The number of hydrogen-bond acceptors (Lipinski definition) is 4. The Morgan fingerprint density at radius 2 is 2.04 bits per heavy atom. The molecule has 0 unspecified atom stereocenters. The van der Waals surface area contributed by atoms with Gasteiger partial charge in [-0.2, -0.15) is 0 Å². The first-order valence-corrected chi connectivity index (χ1v) is 8.57. The fourth-order valence-electron chi connectivity index (χ4n) is 2.09. The van der Waals surface area contributed by atoms with Crippen molar-refractivity contribution in [3.05, 3.63) is 64.6 Å². The van der Waals surface area contributed by atoms with Crippen molar-refractivity contribution < 1.29 is 9.53 Å². The third kappa shape index (κ3) is 4.34. The lowest BCUT2D eigenvalue weighted by Crippen LogP contribution is -2.20. The molecule has 0 saturated heterocycles. The first kappa shape index (κ1) is 16.5. The number of halogens is 1. The third-order valence-electron chi connectivity index (χ3n) is 3.20. The molecule has 0 spiro atoms. The number of carbonyl (C=O) groups is 1. The number of benzene rings is 2. The summed E-state index contributed by atoms with van der Waals surface area (Å²) in [4.78, 5) is 16.3. The number of rotatable bonds is 5. The molecule has 1 N–H and O–H groups in total. The van der Waals surface area contributed by atoms with Crippen LogP contribution < -0.4 is 10.1 Å². The van der Waals surface area contributed by atoms with Crippen LogP contribution in [0, 0.1) is 6.92 Å². The lowest BCUT2D eigenvalue weighted by atomic mass is 10.2. The van der Waals surface area contributed by atoms with Gasteiger partial charge in [-0.3, -0.25) is 4.79 Å². The van der Waals surface area contributed by atoms with E-state index in [4.69, 9.17) is 16.3 Å². The third-order valence-corrected chi connectivity index (χ3v) is 4.44. The summed E-state index contributed by atoms with van der Waals surface area (Å²) in [6.45, 7) is 1.90. The Bertz CT molecular complexity index is 846. The molecule has 3 aromatic rings. The number of aromatic nitrogens is 1. The van der Waals surface area contributed by atoms with Crippen molar-refractivity contribution in [2.45, 2.75) is 6.92 Å². The summed E-state index contributed by atoms with van der Waals surface area (Å²) in [6.07, 6.45) is 0. The van der Waals surface area contributed by atoms with E-state index in [2.05, 4.69) is 10.3 Å². The highest BCUT2D eigenvalue weighted by Gasteiger charge is 2.06. The minimum Gasteiger partial charge on any atom is -0.484 e. The number of nitrogens with one attached hydrogen (secondary N) is 1. The molecule has 24 heavy (non-hydrogen) atoms. The second-order valence-corrected chi connectivity index (χ2v) is 6.46. The standard InChI is InChI=1S/C18H15ClN2O2S/c1-12-11-24-18(20-12)13-5-7-16(8-6-13)23-10-17(22)21-15-4-2-3-14(19)9-15/h2-9,11H,10H2,1H3,(H,21,22). The van der Waals surface area contributed by atoms with Crippen LogP contribution >= 0.6 is 22.9 Å². The molecule has 0 atom stereocenters. The Labute approximate surface area is 149 Å². The normalized spacial score (nSPS) is 10.4. The molecule has 0 aliphatic carbocycles. The highest BCUT2D eigenvalue weighted by atomic mass is 35.5. The molecular weight excluding hydrogens is 344 g/mol. The van der Waals surface area contributed by atoms with Crippen molar-refractivity contribution in [3.8, 4) is 16.3 Å². The van der Waals surface area contributed by atoms with E-state index in [1.807, 2.05) is 36.6 Å². The molecule has 0 aliphatic heterocycles. The molecule has 1 amide bonds. The predicted octanol–water partition coefficient (Wildman–Crippen LogP) is 4.79. The Balaban J connectivity index is 1.55. The number of nitrogens with zero attached hydrogens (tertiary/aromatic N) is 1. The lowest BCUT2D eigenvalue weighted by molar-refractivity contribution is -0.118. The van der Waals surface area contributed by atoms with E-state index in [0.717, 1.165) is 16.3 Å². The molecule has 0 fully saturated rings. The minimum atomic E-state index is -0.239. The van der Waals surface area contributed by atoms with Gasteiger partial charge < -0.3 is 10.1 Å². The predicted molar refractivity (Wildman–Crippen MR) is 97.9 cm³/mol. The molecule has 0 saturated carbocycles. The van der Waals surface area contributed by atoms with Crippen molar-refractivity contribution in [2.24, 2.45) is 0 Å². The molecule has 0 radical (unpaired) electrons. The molecule has 1 aromatic heterocycles. The Hall–Kier alpha value is -2.37. The van der Waals surface area contributed by atoms with E-state index < -0.39 is 0 Å². The van der Waals surface area contributed by atoms with Crippen molar-refractivity contribution in [2.75, 3.05) is 11.9 Å². The number of hydrogen-bond donors (Lipinski definition) is 1. The molecule has 2 aromatic carbocycles. The number of thiazole rings is 1. The summed E-state index contributed by atoms with van der Waals surface area (Å²) in [7, 11) is 0. The molecule has 6 heteroatoms. The highest BCUT2D eigenvalue weighted by molar-refractivity contribution is 7.13. The summed E-state index contributed by atoms with van der Waals surface area (Å²) in [6, 6.07) is 14.5. The van der Waals surface area contributed by atoms with Crippen LogP contribution in [0.3, 0.4) is 0 Å². The minimum absolute atomic E-state index is 0.0672. The Kier molecular flexibility index (Phi) is 5.13. The van der Waals surface area contributed by atoms with Crippen LogP contribution in [0.1, 0.15) is 5.69 Å². The number of anilines is 1. The van der Waals surface area contributed by atoms with E-state index in [-0.39, 0.29) is 12.5 Å². The zero-order valence-corrected chi connectivity index (χ0v) is 14.5. The lowest BCUT2D eigenvalue weighted by Gasteiger charge is -2.08. The van der Waals surface area contributed by atoms with Crippen LogP contribution in [0.2, 0.25) is 5.02 Å². The zero-order chi connectivity index (χ0) is 16.9. The van der Waals surface area contributed by atoms with Gasteiger partial charge in [-0.15, -0.1) is 11.3 Å². The van der Waals surface area contributed by atoms with Crippen LogP contribution in [0.4, 0.5) is 5.69 Å². The van der Waals surface area contributed by atoms with E-state index in [0.29, 0.717) is 16.5 Å². The first-order chi connectivity index (χ1) is 11.6. The Morgan fingerprint density at radius 1 is 1.25 bits per heavy atom. The summed E-state index contributed by atoms with van der Waals surface area (Å²) in [5.74, 6) is 0.394. The van der Waals surface area contributed by atoms with Crippen LogP contribution in [0.25, 0.3) is 10.6 Å². The van der Waals surface area contributed by atoms with Gasteiger partial charge in [0.15, 0.2) is 6.61 Å². The molecular formula is C18H15ClN2O2S. The van der Waals surface area contributed by atoms with E-state index in [9.17, 15) is 4.79 Å². The van der Waals surface area contributed by atoms with Gasteiger partial charge >= 0.3 is 0 Å². The monoisotopic (exact) mass is 358 g/mol. The van der Waals surface area contributed by atoms with E-state index in [1.54, 1.807) is 35.6 Å². The van der Waals surface area contributed by atoms with E-state index >= 15 is 0 Å². The molecule has 4 nitrogen and oxygen atoms in total. The van der Waals surface area contributed by atoms with Crippen LogP contribution in [-0.4, -0.2) is 17.5 Å².